The molecule has 0 fully saturated rings. The molecule has 540 valence electrons. The van der Waals surface area contributed by atoms with Gasteiger partial charge in [0, 0.05) is 86.4 Å². The molecule has 8 aliphatic rings. The van der Waals surface area contributed by atoms with Crippen LogP contribution in [0.3, 0.4) is 0 Å². The highest BCUT2D eigenvalue weighted by molar-refractivity contribution is 6.18. The van der Waals surface area contributed by atoms with Gasteiger partial charge in [0.2, 0.25) is 0 Å². The third kappa shape index (κ3) is 7.09. The van der Waals surface area contributed by atoms with Gasteiger partial charge in [-0.2, -0.15) is 0 Å². The summed E-state index contributed by atoms with van der Waals surface area (Å²) in [5.41, 5.74) is 48.5. The first kappa shape index (κ1) is 64.0. The van der Waals surface area contributed by atoms with Crippen molar-refractivity contribution in [2.75, 3.05) is 0 Å². The lowest BCUT2D eigenvalue weighted by Crippen LogP contribution is -2.34. The summed E-state index contributed by atoms with van der Waals surface area (Å²) in [4.78, 5) is 0. The average Bonchev–Trinajstić information content (AvgIpc) is 1.52. The van der Waals surface area contributed by atoms with Gasteiger partial charge in [-0.3, -0.25) is 0 Å². The molecule has 0 aliphatic carbocycles. The Morgan fingerprint density at radius 3 is 0.589 bits per heavy atom. The Labute approximate surface area is 654 Å². The highest BCUT2D eigenvalue weighted by Gasteiger charge is 2.50. The van der Waals surface area contributed by atoms with Gasteiger partial charge in [-0.05, 0) is 158 Å². The van der Waals surface area contributed by atoms with Crippen LogP contribution in [0.1, 0.15) is 200 Å². The molecule has 14 aromatic carbocycles. The summed E-state index contributed by atoms with van der Waals surface area (Å²) in [6.45, 7) is 38.9. The summed E-state index contributed by atoms with van der Waals surface area (Å²) in [5.74, 6) is 0. The lowest BCUT2D eigenvalue weighted by molar-refractivity contribution is 0.594. The molecule has 0 atom stereocenters. The molecule has 0 N–H and O–H groups in total. The first-order chi connectivity index (χ1) is 53.6. The molecule has 4 nitrogen and oxygen atoms in total. The number of rotatable bonds is 4. The topological polar surface area (TPSA) is 19.7 Å². The number of aromatic nitrogens is 4. The van der Waals surface area contributed by atoms with E-state index < -0.39 is 0 Å². The van der Waals surface area contributed by atoms with Crippen molar-refractivity contribution in [2.45, 2.75) is 154 Å². The fourth-order valence-corrected chi connectivity index (χ4v) is 24.6. The summed E-state index contributed by atoms with van der Waals surface area (Å²) < 4.78 is 10.5. The average molecular weight is 1440 g/mol. The zero-order valence-electron chi connectivity index (χ0n) is 66.9. The fourth-order valence-electron chi connectivity index (χ4n) is 24.6. The molecule has 0 spiro atoms. The third-order valence-electron chi connectivity index (χ3n) is 30.4. The van der Waals surface area contributed by atoms with E-state index in [-0.39, 0.29) is 43.3 Å². The zero-order valence-corrected chi connectivity index (χ0v) is 66.9. The maximum Gasteiger partial charge on any atom is 0.0582 e. The number of hydrogen-bond donors (Lipinski definition) is 0. The maximum absolute atomic E-state index is 2.64. The number of nitrogens with zero attached hydrogens (tertiary/aromatic N) is 4. The van der Waals surface area contributed by atoms with Crippen LogP contribution in [-0.2, 0) is 43.3 Å². The van der Waals surface area contributed by atoms with Gasteiger partial charge >= 0.3 is 0 Å². The van der Waals surface area contributed by atoms with Gasteiger partial charge in [0.25, 0.3) is 0 Å². The van der Waals surface area contributed by atoms with Crippen molar-refractivity contribution in [3.05, 3.63) is 332 Å². The van der Waals surface area contributed by atoms with Crippen molar-refractivity contribution in [1.82, 2.24) is 18.3 Å². The van der Waals surface area contributed by atoms with E-state index in [0.717, 1.165) is 0 Å². The Morgan fingerprint density at radius 2 is 0.357 bits per heavy atom. The number of hydrogen-bond acceptors (Lipinski definition) is 0. The van der Waals surface area contributed by atoms with Crippen LogP contribution in [-0.4, -0.2) is 18.3 Å². The van der Waals surface area contributed by atoms with E-state index in [9.17, 15) is 0 Å². The van der Waals surface area contributed by atoms with E-state index in [4.69, 9.17) is 0 Å². The van der Waals surface area contributed by atoms with Gasteiger partial charge in [0.05, 0.1) is 66.9 Å². The van der Waals surface area contributed by atoms with Crippen molar-refractivity contribution >= 4 is 87.2 Å². The Morgan fingerprint density at radius 1 is 0.161 bits per heavy atom. The summed E-state index contributed by atoms with van der Waals surface area (Å²) >= 11 is 0. The minimum Gasteiger partial charge on any atom is -0.308 e. The van der Waals surface area contributed by atoms with Gasteiger partial charge in [-0.25, -0.2) is 0 Å². The van der Waals surface area contributed by atoms with Crippen LogP contribution >= 0.6 is 0 Å². The van der Waals surface area contributed by atoms with Crippen LogP contribution in [0.5, 0.6) is 0 Å². The molecule has 0 saturated heterocycles. The molecule has 4 heteroatoms. The summed E-state index contributed by atoms with van der Waals surface area (Å²) in [5, 5.41) is 10.9. The Balaban J connectivity index is 0.000000127. The van der Waals surface area contributed by atoms with Crippen molar-refractivity contribution in [2.24, 2.45) is 0 Å². The highest BCUT2D eigenvalue weighted by atomic mass is 15.1. The lowest BCUT2D eigenvalue weighted by atomic mass is 9.66. The monoisotopic (exact) mass is 1440 g/mol. The third-order valence-corrected chi connectivity index (χ3v) is 30.4. The predicted molar refractivity (Wildman–Crippen MR) is 469 cm³/mol. The quantitative estimate of drug-likeness (QED) is 0.167. The molecule has 112 heavy (non-hydrogen) atoms. The molecular formula is C108H88N4. The van der Waals surface area contributed by atoms with Gasteiger partial charge in [0.15, 0.2) is 0 Å². The van der Waals surface area contributed by atoms with E-state index in [1.807, 2.05) is 0 Å². The minimum atomic E-state index is -0.187. The maximum atomic E-state index is 2.64. The van der Waals surface area contributed by atoms with Crippen LogP contribution in [0, 0.1) is 0 Å². The van der Waals surface area contributed by atoms with E-state index >= 15 is 0 Å². The predicted octanol–water partition coefficient (Wildman–Crippen LogP) is 27.5. The summed E-state index contributed by atoms with van der Waals surface area (Å²) in [6.07, 6.45) is 0. The summed E-state index contributed by atoms with van der Waals surface area (Å²) in [7, 11) is 0. The molecule has 0 saturated carbocycles. The highest BCUT2D eigenvalue weighted by Crippen LogP contribution is 2.63. The van der Waals surface area contributed by atoms with Gasteiger partial charge < -0.3 is 18.3 Å². The molecule has 0 radical (unpaired) electrons. The molecular weight excluding hydrogens is 1350 g/mol. The van der Waals surface area contributed by atoms with Gasteiger partial charge in [-0.15, -0.1) is 0 Å². The van der Waals surface area contributed by atoms with Crippen LogP contribution in [0.4, 0.5) is 0 Å². The van der Waals surface area contributed by atoms with Crippen LogP contribution in [0.15, 0.2) is 243 Å². The van der Waals surface area contributed by atoms with E-state index in [2.05, 4.69) is 372 Å². The zero-order chi connectivity index (χ0) is 76.0. The standard InChI is InChI=1S/2C54H44N2/c1-51(2)37-17-9-13-33-34-14-10-18-38-46(34)55(45(33)37)49-41(51)25-31(26-42(49)52(38,3)4)29-21-23-30(24-22-29)32-27-43-50-44(28-32)54(7,8)40-20-12-16-36-35-15-11-19-39(53(43,5)6)47(35)56(50)48(36)40;1-51(2)37-17-9-13-33-35-15-11-19-39-47(35)55(45(33)37)49-41(51)27-25-31(43(49)53(39,5)6)29-21-23-30(24-22-29)32-26-28-42-50-44(32)54(7,8)40-20-12-16-36-34-14-10-18-38(52(42,3)4)46(34)56(50)48(36)40/h2*9-28H,1-8H3. The first-order valence-corrected chi connectivity index (χ1v) is 40.9. The SMILES string of the molecule is CC1(C)c2cc(-c3ccc(-c4cc5c6c(c4)C(C)(C)c4cccc7c8cccc(c8n-6c47)C5(C)C)cc3)cc3c2-n2c4c1cccc4c1cccc(c12)C3(C)C.CC1(C)c2ccc(-c3ccc(-c4ccc5c6c4C(C)(C)c4cccc7c8cccc(c8n-6c47)C5(C)C)cc3)c3c2-n2c4c1cccc4c1cccc(c12)C3(C)C. The Bertz CT molecular complexity index is 6890. The molecule has 0 amide bonds. The van der Waals surface area contributed by atoms with E-state index in [0.29, 0.717) is 0 Å². The smallest absolute Gasteiger partial charge is 0.0582 e. The van der Waals surface area contributed by atoms with Crippen LogP contribution in [0.25, 0.3) is 154 Å². The summed E-state index contributed by atoms with van der Waals surface area (Å²) in [6, 6.07) is 94.5. The first-order valence-electron chi connectivity index (χ1n) is 40.9. The molecule has 26 rings (SSSR count). The number of benzene rings is 14. The van der Waals surface area contributed by atoms with Crippen molar-refractivity contribution in [3.63, 3.8) is 0 Å². The Kier molecular flexibility index (Phi) is 11.3. The number of fused-ring (bicyclic) bond motifs is 4. The molecule has 4 aromatic heterocycles. The Hall–Kier alpha value is -11.7. The normalized spacial score (nSPS) is 17.9. The van der Waals surface area contributed by atoms with Gasteiger partial charge in [-0.1, -0.05) is 329 Å². The minimum absolute atomic E-state index is 0.116. The van der Waals surface area contributed by atoms with E-state index in [1.54, 1.807) is 0 Å². The molecule has 0 unspecified atom stereocenters. The van der Waals surface area contributed by atoms with E-state index in [1.165, 1.54) is 243 Å². The van der Waals surface area contributed by atoms with Crippen molar-refractivity contribution in [3.8, 4) is 67.3 Å². The molecule has 0 bridgehead atoms. The molecule has 12 heterocycles. The second-order valence-electron chi connectivity index (χ2n) is 38.7. The largest absolute Gasteiger partial charge is 0.308 e. The van der Waals surface area contributed by atoms with Crippen molar-refractivity contribution in [1.29, 1.82) is 0 Å². The lowest BCUT2D eigenvalue weighted by Gasteiger charge is -2.43. The molecule has 18 aromatic rings. The molecule has 8 aliphatic heterocycles. The second kappa shape index (κ2) is 19.8. The van der Waals surface area contributed by atoms with Crippen LogP contribution < -0.4 is 0 Å². The second-order valence-corrected chi connectivity index (χ2v) is 38.7. The fraction of sp³-hybridized carbons (Fsp3) is 0.222. The number of para-hydroxylation sites is 8. The van der Waals surface area contributed by atoms with Crippen LogP contribution in [0.2, 0.25) is 0 Å². The van der Waals surface area contributed by atoms with Crippen molar-refractivity contribution < 1.29 is 0 Å². The van der Waals surface area contributed by atoms with Gasteiger partial charge in [0.1, 0.15) is 0 Å².